The van der Waals surface area contributed by atoms with E-state index in [1.54, 1.807) is 0 Å². The molecule has 9 aromatic rings. The van der Waals surface area contributed by atoms with E-state index in [1.165, 1.54) is 86.5 Å². The summed E-state index contributed by atoms with van der Waals surface area (Å²) in [4.78, 5) is 0. The smallest absolute Gasteiger partial charge is 0.0491 e. The van der Waals surface area contributed by atoms with Crippen LogP contribution in [0.5, 0.6) is 0 Å². The number of anilines is 1. The molecule has 9 aromatic carbocycles. The van der Waals surface area contributed by atoms with Gasteiger partial charge in [0, 0.05) is 5.69 Å². The van der Waals surface area contributed by atoms with Crippen LogP contribution in [0.3, 0.4) is 0 Å². The Bertz CT molecular complexity index is 2560. The fraction of sp³-hybridized carbons (Fsp3) is 0. The minimum atomic E-state index is 0.899. The van der Waals surface area contributed by atoms with Gasteiger partial charge in [0.05, 0.1) is 0 Å². The highest BCUT2D eigenvalue weighted by Crippen LogP contribution is 2.42. The van der Waals surface area contributed by atoms with Crippen molar-refractivity contribution in [3.8, 4) is 11.1 Å². The van der Waals surface area contributed by atoms with Gasteiger partial charge >= 0.3 is 0 Å². The van der Waals surface area contributed by atoms with Crippen LogP contribution in [-0.2, 0) is 0 Å². The molecule has 0 atom stereocenters. The molecule has 0 unspecified atom stereocenters. The number of hydrogen-bond donors (Lipinski definition) is 2. The zero-order valence-corrected chi connectivity index (χ0v) is 22.9. The molecule has 3 N–H and O–H groups in total. The van der Waals surface area contributed by atoms with Crippen LogP contribution in [0.4, 0.5) is 5.69 Å². The third kappa shape index (κ3) is 3.43. The van der Waals surface area contributed by atoms with Crippen LogP contribution >= 0.6 is 0 Å². The molecule has 0 aliphatic carbocycles. The van der Waals surface area contributed by atoms with E-state index in [0.29, 0.717) is 0 Å². The molecule has 9 rings (SSSR count). The summed E-state index contributed by atoms with van der Waals surface area (Å²) in [5, 5.41) is 17.5. The summed E-state index contributed by atoms with van der Waals surface area (Å²) in [5.41, 5.74) is 6.22. The topological polar surface area (TPSA) is 38.0 Å². The van der Waals surface area contributed by atoms with Crippen molar-refractivity contribution in [1.82, 2.24) is 0 Å². The quantitative estimate of drug-likeness (QED) is 0.100. The van der Waals surface area contributed by atoms with Gasteiger partial charge in [0.25, 0.3) is 0 Å². The van der Waals surface area contributed by atoms with Crippen molar-refractivity contribution in [2.45, 2.75) is 0 Å². The van der Waals surface area contributed by atoms with Gasteiger partial charge in [-0.05, 0) is 141 Å². The Morgan fingerprint density at radius 3 is 1.60 bits per heavy atom. The number of rotatable bonds is 2. The molecule has 0 aliphatic heterocycles. The molecule has 196 valence electrons. The standard InChI is InChI=1S/C40H26N2/c41-42-33-15-14-30-17-26-8-3-4-10-34(26)40(39(30)23-33)35-11-5-9-27-18-31-22-38-29(19-32(31)21-36(27)35)13-12-28-16-24-6-1-2-7-25(24)20-37(28)38/h1-23,42H,41H2. The van der Waals surface area contributed by atoms with Crippen LogP contribution in [0, 0.1) is 0 Å². The summed E-state index contributed by atoms with van der Waals surface area (Å²) in [6.45, 7) is 0. The summed E-state index contributed by atoms with van der Waals surface area (Å²) in [7, 11) is 0. The van der Waals surface area contributed by atoms with E-state index >= 15 is 0 Å². The van der Waals surface area contributed by atoms with Gasteiger partial charge < -0.3 is 5.43 Å². The minimum absolute atomic E-state index is 0.899. The van der Waals surface area contributed by atoms with Crippen LogP contribution < -0.4 is 11.3 Å². The Hall–Kier alpha value is -5.44. The van der Waals surface area contributed by atoms with Crippen molar-refractivity contribution in [3.63, 3.8) is 0 Å². The lowest BCUT2D eigenvalue weighted by Crippen LogP contribution is -2.06. The monoisotopic (exact) mass is 534 g/mol. The Morgan fingerprint density at radius 2 is 0.833 bits per heavy atom. The molecule has 2 heteroatoms. The summed E-state index contributed by atoms with van der Waals surface area (Å²) in [5.74, 6) is 5.85. The van der Waals surface area contributed by atoms with Crippen molar-refractivity contribution < 1.29 is 0 Å². The normalized spacial score (nSPS) is 11.9. The highest BCUT2D eigenvalue weighted by molar-refractivity contribution is 6.20. The number of nitrogen functional groups attached to an aromatic ring is 1. The van der Waals surface area contributed by atoms with Crippen molar-refractivity contribution in [3.05, 3.63) is 140 Å². The second kappa shape index (κ2) is 8.78. The van der Waals surface area contributed by atoms with Gasteiger partial charge in [0.1, 0.15) is 0 Å². The number of nitrogens with two attached hydrogens (primary N) is 1. The second-order valence-corrected chi connectivity index (χ2v) is 11.3. The van der Waals surface area contributed by atoms with Gasteiger partial charge in [-0.3, -0.25) is 5.84 Å². The van der Waals surface area contributed by atoms with E-state index in [0.717, 1.165) is 5.69 Å². The van der Waals surface area contributed by atoms with Gasteiger partial charge in [0.15, 0.2) is 0 Å². The Labute approximate surface area is 242 Å². The number of fused-ring (bicyclic) bond motifs is 8. The molecule has 0 heterocycles. The van der Waals surface area contributed by atoms with Crippen molar-refractivity contribution >= 4 is 81.1 Å². The molecule has 0 aliphatic rings. The van der Waals surface area contributed by atoms with Crippen LogP contribution in [0.15, 0.2) is 140 Å². The average Bonchev–Trinajstić information content (AvgIpc) is 3.04. The first-order valence-electron chi connectivity index (χ1n) is 14.4. The fourth-order valence-electron chi connectivity index (χ4n) is 6.93. The lowest BCUT2D eigenvalue weighted by Gasteiger charge is -2.16. The molecule has 42 heavy (non-hydrogen) atoms. The van der Waals surface area contributed by atoms with E-state index in [2.05, 4.69) is 139 Å². The first kappa shape index (κ1) is 23.3. The van der Waals surface area contributed by atoms with Crippen molar-refractivity contribution in [1.29, 1.82) is 0 Å². The zero-order valence-electron chi connectivity index (χ0n) is 22.9. The van der Waals surface area contributed by atoms with E-state index in [-0.39, 0.29) is 0 Å². The lowest BCUT2D eigenvalue weighted by atomic mass is 9.88. The number of hydrogen-bond acceptors (Lipinski definition) is 2. The highest BCUT2D eigenvalue weighted by Gasteiger charge is 2.14. The Kier molecular flexibility index (Phi) is 4.87. The van der Waals surface area contributed by atoms with Crippen molar-refractivity contribution in [2.75, 3.05) is 5.43 Å². The molecule has 0 amide bonds. The minimum Gasteiger partial charge on any atom is -0.324 e. The molecule has 0 radical (unpaired) electrons. The van der Waals surface area contributed by atoms with Crippen LogP contribution in [0.2, 0.25) is 0 Å². The van der Waals surface area contributed by atoms with E-state index < -0.39 is 0 Å². The number of nitrogens with one attached hydrogen (secondary N) is 1. The van der Waals surface area contributed by atoms with Crippen LogP contribution in [-0.4, -0.2) is 0 Å². The molecule has 0 bridgehead atoms. The van der Waals surface area contributed by atoms with Gasteiger partial charge in [-0.25, -0.2) is 0 Å². The second-order valence-electron chi connectivity index (χ2n) is 11.3. The van der Waals surface area contributed by atoms with E-state index in [9.17, 15) is 0 Å². The van der Waals surface area contributed by atoms with E-state index in [1.807, 2.05) is 6.07 Å². The molecular weight excluding hydrogens is 508 g/mol. The molecule has 0 saturated carbocycles. The largest absolute Gasteiger partial charge is 0.324 e. The molecule has 0 spiro atoms. The molecule has 0 fully saturated rings. The first-order valence-corrected chi connectivity index (χ1v) is 14.4. The SMILES string of the molecule is NNc1ccc2cc3ccccc3c(-c3cccc4cc5cc6c(ccc7cc8ccccc8cc76)cc5cc34)c2c1. The molecule has 0 aromatic heterocycles. The van der Waals surface area contributed by atoms with Crippen LogP contribution in [0.1, 0.15) is 0 Å². The summed E-state index contributed by atoms with van der Waals surface area (Å²) in [6.07, 6.45) is 0. The number of hydrazine groups is 1. The highest BCUT2D eigenvalue weighted by atomic mass is 15.2. The number of benzene rings is 9. The van der Waals surface area contributed by atoms with Gasteiger partial charge in [0.2, 0.25) is 0 Å². The zero-order chi connectivity index (χ0) is 27.8. The predicted molar refractivity (Wildman–Crippen MR) is 182 cm³/mol. The summed E-state index contributed by atoms with van der Waals surface area (Å²) >= 11 is 0. The van der Waals surface area contributed by atoms with Crippen LogP contribution in [0.25, 0.3) is 86.5 Å². The maximum Gasteiger partial charge on any atom is 0.0491 e. The third-order valence-electron chi connectivity index (χ3n) is 8.96. The molecule has 0 saturated heterocycles. The summed E-state index contributed by atoms with van der Waals surface area (Å²) < 4.78 is 0. The van der Waals surface area contributed by atoms with Gasteiger partial charge in [-0.15, -0.1) is 0 Å². The maximum atomic E-state index is 5.85. The van der Waals surface area contributed by atoms with Gasteiger partial charge in [-0.1, -0.05) is 84.9 Å². The third-order valence-corrected chi connectivity index (χ3v) is 8.96. The summed E-state index contributed by atoms with van der Waals surface area (Å²) in [6, 6.07) is 51.2. The molecular formula is C40H26N2. The maximum absolute atomic E-state index is 5.85. The Balaban J connectivity index is 1.35. The molecule has 2 nitrogen and oxygen atoms in total. The first-order chi connectivity index (χ1) is 20.7. The Morgan fingerprint density at radius 1 is 0.333 bits per heavy atom. The van der Waals surface area contributed by atoms with Crippen molar-refractivity contribution in [2.24, 2.45) is 5.84 Å². The van der Waals surface area contributed by atoms with E-state index in [4.69, 9.17) is 5.84 Å². The lowest BCUT2D eigenvalue weighted by molar-refractivity contribution is 1.36. The predicted octanol–water partition coefficient (Wildman–Crippen LogP) is 10.7. The fourth-order valence-corrected chi connectivity index (χ4v) is 6.93. The average molecular weight is 535 g/mol. The van der Waals surface area contributed by atoms with Gasteiger partial charge in [-0.2, -0.15) is 0 Å².